The van der Waals surface area contributed by atoms with Crippen LogP contribution in [0, 0.1) is 0 Å². The van der Waals surface area contributed by atoms with Gasteiger partial charge < -0.3 is 10.6 Å². The molecule has 4 heteroatoms. The summed E-state index contributed by atoms with van der Waals surface area (Å²) >= 11 is 0. The number of rotatable bonds is 1. The number of nitrogen functional groups attached to an aromatic ring is 1. The molecule has 1 unspecified atom stereocenters. The fourth-order valence-electron chi connectivity index (χ4n) is 3.07. The van der Waals surface area contributed by atoms with Crippen LogP contribution in [0.2, 0.25) is 0 Å². The summed E-state index contributed by atoms with van der Waals surface area (Å²) in [5.41, 5.74) is 9.44. The molecule has 2 N–H and O–H groups in total. The maximum Gasteiger partial charge on any atom is 0.239 e. The molecule has 0 spiro atoms. The molecular formula is C14H19N3O. The van der Waals surface area contributed by atoms with Crippen molar-refractivity contribution in [3.63, 3.8) is 0 Å². The second-order valence-corrected chi connectivity index (χ2v) is 5.27. The third kappa shape index (κ3) is 1.77. The van der Waals surface area contributed by atoms with Gasteiger partial charge in [-0.1, -0.05) is 12.1 Å². The van der Waals surface area contributed by atoms with Crippen LogP contribution in [0.5, 0.6) is 0 Å². The van der Waals surface area contributed by atoms with Crippen LogP contribution in [-0.2, 0) is 17.8 Å². The van der Waals surface area contributed by atoms with Gasteiger partial charge in [-0.2, -0.15) is 0 Å². The molecule has 0 bridgehead atoms. The molecule has 1 saturated heterocycles. The van der Waals surface area contributed by atoms with Crippen LogP contribution in [0.1, 0.15) is 17.5 Å². The van der Waals surface area contributed by atoms with E-state index in [1.165, 1.54) is 11.1 Å². The van der Waals surface area contributed by atoms with Crippen molar-refractivity contribution in [3.05, 3.63) is 29.3 Å². The van der Waals surface area contributed by atoms with Gasteiger partial charge in [0, 0.05) is 32.4 Å². The highest BCUT2D eigenvalue weighted by Gasteiger charge is 2.35. The first-order valence-corrected chi connectivity index (χ1v) is 6.52. The average molecular weight is 245 g/mol. The normalized spacial score (nSPS) is 24.4. The number of carbonyl (C=O) groups excluding carboxylic acids is 1. The zero-order valence-electron chi connectivity index (χ0n) is 10.7. The van der Waals surface area contributed by atoms with E-state index in [-0.39, 0.29) is 11.9 Å². The minimum absolute atomic E-state index is 0.0737. The minimum Gasteiger partial charge on any atom is -0.398 e. The second-order valence-electron chi connectivity index (χ2n) is 5.27. The number of amides is 1. The van der Waals surface area contributed by atoms with Gasteiger partial charge in [0.1, 0.15) is 0 Å². The summed E-state index contributed by atoms with van der Waals surface area (Å²) in [6.45, 7) is 2.67. The number of fused-ring (bicyclic) bond motifs is 1. The van der Waals surface area contributed by atoms with Crippen molar-refractivity contribution in [1.29, 1.82) is 0 Å². The van der Waals surface area contributed by atoms with Crippen LogP contribution < -0.4 is 5.73 Å². The van der Waals surface area contributed by atoms with E-state index in [4.69, 9.17) is 5.73 Å². The van der Waals surface area contributed by atoms with Gasteiger partial charge in [0.05, 0.1) is 6.04 Å². The highest BCUT2D eigenvalue weighted by atomic mass is 16.2. The molecule has 0 saturated carbocycles. The van der Waals surface area contributed by atoms with Crippen LogP contribution in [0.4, 0.5) is 5.69 Å². The molecular weight excluding hydrogens is 226 g/mol. The number of likely N-dealkylation sites (tertiary alicyclic amines) is 1. The Labute approximate surface area is 107 Å². The number of hydrogen-bond donors (Lipinski definition) is 1. The average Bonchev–Trinajstić information content (AvgIpc) is 2.70. The molecule has 0 aromatic heterocycles. The molecule has 1 atom stereocenters. The minimum atomic E-state index is 0.0737. The summed E-state index contributed by atoms with van der Waals surface area (Å²) in [4.78, 5) is 16.2. The fourth-order valence-corrected chi connectivity index (χ4v) is 3.07. The Morgan fingerprint density at radius 3 is 2.89 bits per heavy atom. The standard InChI is InChI=1S/C14H19N3O/c1-16-7-6-13(14(16)18)17-8-5-11-10(9-17)3-2-4-12(11)15/h2-4,13H,5-9,15H2,1H3. The Kier molecular flexibility index (Phi) is 2.74. The molecule has 2 aliphatic rings. The predicted molar refractivity (Wildman–Crippen MR) is 71.0 cm³/mol. The van der Waals surface area contributed by atoms with Gasteiger partial charge in [0.15, 0.2) is 0 Å². The molecule has 0 radical (unpaired) electrons. The lowest BCUT2D eigenvalue weighted by Gasteiger charge is -2.33. The number of nitrogens with two attached hydrogens (primary N) is 1. The van der Waals surface area contributed by atoms with E-state index in [1.54, 1.807) is 0 Å². The monoisotopic (exact) mass is 245 g/mol. The third-order valence-corrected chi connectivity index (χ3v) is 4.17. The molecule has 18 heavy (non-hydrogen) atoms. The molecule has 1 aromatic rings. The smallest absolute Gasteiger partial charge is 0.239 e. The van der Waals surface area contributed by atoms with Gasteiger partial charge in [0.25, 0.3) is 0 Å². The number of likely N-dealkylation sites (N-methyl/N-ethyl adjacent to an activating group) is 1. The van der Waals surface area contributed by atoms with Gasteiger partial charge in [-0.25, -0.2) is 0 Å². The number of benzene rings is 1. The first-order chi connectivity index (χ1) is 8.66. The largest absolute Gasteiger partial charge is 0.398 e. The van der Waals surface area contributed by atoms with Crippen LogP contribution in [0.3, 0.4) is 0 Å². The number of carbonyl (C=O) groups is 1. The summed E-state index contributed by atoms with van der Waals surface area (Å²) in [5.74, 6) is 0.266. The zero-order chi connectivity index (χ0) is 12.7. The second kappa shape index (κ2) is 4.28. The van der Waals surface area contributed by atoms with Crippen LogP contribution in [0.25, 0.3) is 0 Å². The molecule has 96 valence electrons. The van der Waals surface area contributed by atoms with Crippen molar-refractivity contribution in [3.8, 4) is 0 Å². The maximum atomic E-state index is 12.0. The Bertz CT molecular complexity index is 486. The van der Waals surface area contributed by atoms with Crippen molar-refractivity contribution in [2.45, 2.75) is 25.4 Å². The molecule has 1 aromatic carbocycles. The maximum absolute atomic E-state index is 12.0. The Morgan fingerprint density at radius 1 is 1.33 bits per heavy atom. The Morgan fingerprint density at radius 2 is 2.17 bits per heavy atom. The number of hydrogen-bond acceptors (Lipinski definition) is 3. The van der Waals surface area contributed by atoms with Gasteiger partial charge >= 0.3 is 0 Å². The molecule has 2 heterocycles. The van der Waals surface area contributed by atoms with E-state index in [0.29, 0.717) is 0 Å². The molecule has 1 fully saturated rings. The van der Waals surface area contributed by atoms with E-state index in [1.807, 2.05) is 24.1 Å². The van der Waals surface area contributed by atoms with Crippen LogP contribution >= 0.6 is 0 Å². The van der Waals surface area contributed by atoms with Gasteiger partial charge in [-0.3, -0.25) is 9.69 Å². The van der Waals surface area contributed by atoms with Gasteiger partial charge in [-0.15, -0.1) is 0 Å². The highest BCUT2D eigenvalue weighted by Crippen LogP contribution is 2.27. The van der Waals surface area contributed by atoms with E-state index in [2.05, 4.69) is 11.0 Å². The van der Waals surface area contributed by atoms with Crippen molar-refractivity contribution < 1.29 is 4.79 Å². The third-order valence-electron chi connectivity index (χ3n) is 4.17. The van der Waals surface area contributed by atoms with Crippen molar-refractivity contribution in [2.24, 2.45) is 0 Å². The summed E-state index contributed by atoms with van der Waals surface area (Å²) < 4.78 is 0. The molecule has 4 nitrogen and oxygen atoms in total. The molecule has 3 rings (SSSR count). The topological polar surface area (TPSA) is 49.6 Å². The van der Waals surface area contributed by atoms with Crippen LogP contribution in [-0.4, -0.2) is 41.9 Å². The van der Waals surface area contributed by atoms with Gasteiger partial charge in [0.2, 0.25) is 5.91 Å². The highest BCUT2D eigenvalue weighted by molar-refractivity contribution is 5.83. The molecule has 0 aliphatic carbocycles. The number of anilines is 1. The Balaban J connectivity index is 1.81. The lowest BCUT2D eigenvalue weighted by atomic mass is 9.96. The Hall–Kier alpha value is -1.55. The summed E-state index contributed by atoms with van der Waals surface area (Å²) in [5, 5.41) is 0. The molecule has 1 amide bonds. The van der Waals surface area contributed by atoms with Crippen molar-refractivity contribution in [2.75, 3.05) is 25.9 Å². The number of nitrogens with zero attached hydrogens (tertiary/aromatic N) is 2. The summed E-state index contributed by atoms with van der Waals surface area (Å²) in [7, 11) is 1.89. The van der Waals surface area contributed by atoms with Crippen molar-refractivity contribution >= 4 is 11.6 Å². The lowest BCUT2D eigenvalue weighted by molar-refractivity contribution is -0.131. The quantitative estimate of drug-likeness (QED) is 0.747. The van der Waals surface area contributed by atoms with E-state index in [9.17, 15) is 4.79 Å². The predicted octanol–water partition coefficient (Wildman–Crippen LogP) is 0.858. The fraction of sp³-hybridized carbons (Fsp3) is 0.500. The molecule has 2 aliphatic heterocycles. The van der Waals surface area contributed by atoms with E-state index < -0.39 is 0 Å². The first-order valence-electron chi connectivity index (χ1n) is 6.52. The zero-order valence-corrected chi connectivity index (χ0v) is 10.7. The van der Waals surface area contributed by atoms with Crippen molar-refractivity contribution in [1.82, 2.24) is 9.80 Å². The summed E-state index contributed by atoms with van der Waals surface area (Å²) in [6, 6.07) is 6.16. The SMILES string of the molecule is CN1CCC(N2CCc3c(N)cccc3C2)C1=O. The summed E-state index contributed by atoms with van der Waals surface area (Å²) in [6.07, 6.45) is 1.91. The van der Waals surface area contributed by atoms with E-state index >= 15 is 0 Å². The van der Waals surface area contributed by atoms with E-state index in [0.717, 1.165) is 38.2 Å². The first kappa shape index (κ1) is 11.5. The van der Waals surface area contributed by atoms with Gasteiger partial charge in [-0.05, 0) is 30.0 Å². The lowest BCUT2D eigenvalue weighted by Crippen LogP contribution is -2.43. The van der Waals surface area contributed by atoms with Crippen LogP contribution in [0.15, 0.2) is 18.2 Å².